The molecule has 2 atom stereocenters. The van der Waals surface area contributed by atoms with Crippen LogP contribution in [-0.2, 0) is 20.7 Å². The summed E-state index contributed by atoms with van der Waals surface area (Å²) in [6, 6.07) is 3.96. The van der Waals surface area contributed by atoms with Gasteiger partial charge < -0.3 is 19.3 Å². The topological polar surface area (TPSA) is 126 Å². The van der Waals surface area contributed by atoms with Crippen LogP contribution in [0.4, 0.5) is 10.6 Å². The van der Waals surface area contributed by atoms with E-state index in [-0.39, 0.29) is 18.0 Å². The third-order valence-electron chi connectivity index (χ3n) is 5.85. The largest absolute Gasteiger partial charge is 0.460 e. The Morgan fingerprint density at radius 2 is 1.76 bits per heavy atom. The van der Waals surface area contributed by atoms with Crippen molar-refractivity contribution in [2.24, 2.45) is 5.92 Å². The predicted molar refractivity (Wildman–Crippen MR) is 139 cm³/mol. The number of nitrogens with one attached hydrogen (secondary N) is 1. The number of anilines is 1. The van der Waals surface area contributed by atoms with Crippen LogP contribution in [0.3, 0.4) is 0 Å². The molecule has 0 spiro atoms. The van der Waals surface area contributed by atoms with Gasteiger partial charge in [0, 0.05) is 38.3 Å². The number of carbonyl (C=O) groups is 2. The van der Waals surface area contributed by atoms with E-state index in [1.165, 1.54) is 0 Å². The number of H-pyrrole nitrogens is 1. The average Bonchev–Trinajstić information content (AvgIpc) is 3.34. The molecule has 0 radical (unpaired) electrons. The smallest absolute Gasteiger partial charge is 0.410 e. The highest BCUT2D eigenvalue weighted by molar-refractivity contribution is 5.74. The number of pyridine rings is 1. The molecule has 1 aliphatic rings. The van der Waals surface area contributed by atoms with Crippen molar-refractivity contribution < 1.29 is 19.1 Å². The third kappa shape index (κ3) is 8.26. The van der Waals surface area contributed by atoms with E-state index in [1.54, 1.807) is 11.0 Å². The molecule has 1 aliphatic heterocycles. The summed E-state index contributed by atoms with van der Waals surface area (Å²) in [6.07, 6.45) is 4.15. The summed E-state index contributed by atoms with van der Waals surface area (Å²) in [5.41, 5.74) is -0.188. The highest BCUT2D eigenvalue weighted by Gasteiger charge is 2.35. The zero-order chi connectivity index (χ0) is 27.2. The third-order valence-corrected chi connectivity index (χ3v) is 5.85. The van der Waals surface area contributed by atoms with Gasteiger partial charge in [-0.05, 0) is 76.4 Å². The summed E-state index contributed by atoms with van der Waals surface area (Å²) in [5.74, 6) is 0.182. The second-order valence-corrected chi connectivity index (χ2v) is 11.2. The Labute approximate surface area is 218 Å². The van der Waals surface area contributed by atoms with Crippen molar-refractivity contribution in [3.8, 4) is 0 Å². The van der Waals surface area contributed by atoms with Gasteiger partial charge >= 0.3 is 12.1 Å². The maximum atomic E-state index is 13.1. The molecule has 37 heavy (non-hydrogen) atoms. The zero-order valence-electron chi connectivity index (χ0n) is 22.7. The number of hydrogen-bond donors (Lipinski definition) is 1. The van der Waals surface area contributed by atoms with Crippen LogP contribution in [0.25, 0.3) is 0 Å². The van der Waals surface area contributed by atoms with Crippen molar-refractivity contribution in [3.63, 3.8) is 0 Å². The summed E-state index contributed by atoms with van der Waals surface area (Å²) < 4.78 is 11.2. The first kappa shape index (κ1) is 28.1. The number of ether oxygens (including phenoxy) is 2. The summed E-state index contributed by atoms with van der Waals surface area (Å²) >= 11 is 0. The number of esters is 1. The van der Waals surface area contributed by atoms with Crippen molar-refractivity contribution in [2.45, 2.75) is 71.5 Å². The van der Waals surface area contributed by atoms with Crippen molar-refractivity contribution in [1.29, 1.82) is 0 Å². The number of amides is 1. The Kier molecular flexibility index (Phi) is 8.88. The van der Waals surface area contributed by atoms with E-state index in [4.69, 9.17) is 9.47 Å². The normalized spacial score (nSPS) is 16.2. The fourth-order valence-electron chi connectivity index (χ4n) is 4.16. The zero-order valence-corrected chi connectivity index (χ0v) is 22.7. The molecule has 0 unspecified atom stereocenters. The minimum Gasteiger partial charge on any atom is -0.460 e. The number of tetrazole rings is 1. The van der Waals surface area contributed by atoms with Gasteiger partial charge in [0.1, 0.15) is 17.0 Å². The molecule has 202 valence electrons. The van der Waals surface area contributed by atoms with E-state index in [0.29, 0.717) is 44.8 Å². The Morgan fingerprint density at radius 1 is 1.08 bits per heavy atom. The number of nitrogens with zero attached hydrogens (tertiary/aromatic N) is 6. The molecule has 11 nitrogen and oxygen atoms in total. The van der Waals surface area contributed by atoms with Crippen LogP contribution in [0, 0.1) is 5.92 Å². The Morgan fingerprint density at radius 3 is 2.27 bits per heavy atom. The Balaban J connectivity index is 1.69. The number of carbonyl (C=O) groups excluding carboxylic acids is 2. The molecule has 0 bridgehead atoms. The summed E-state index contributed by atoms with van der Waals surface area (Å²) in [4.78, 5) is 34.0. The molecule has 11 heteroatoms. The SMILES string of the molecule is C=CC[C@H](C(=O)OC(C)(C)C)[C@H](Cc1ccc(N2CCN(C(=O)OC(C)(C)C)CC2)nc1)c1nnn[nH]1. The fraction of sp³-hybridized carbons (Fsp3) is 0.615. The van der Waals surface area contributed by atoms with Gasteiger partial charge in [0.15, 0.2) is 5.82 Å². The fourth-order valence-corrected chi connectivity index (χ4v) is 4.16. The highest BCUT2D eigenvalue weighted by atomic mass is 16.6. The molecule has 0 saturated carbocycles. The number of allylic oxidation sites excluding steroid dienone is 1. The Bertz CT molecular complexity index is 1030. The lowest BCUT2D eigenvalue weighted by atomic mass is 9.84. The highest BCUT2D eigenvalue weighted by Crippen LogP contribution is 2.31. The van der Waals surface area contributed by atoms with E-state index in [1.807, 2.05) is 59.9 Å². The van der Waals surface area contributed by atoms with E-state index >= 15 is 0 Å². The van der Waals surface area contributed by atoms with Gasteiger partial charge in [0.05, 0.1) is 5.92 Å². The lowest BCUT2D eigenvalue weighted by Crippen LogP contribution is -2.50. The van der Waals surface area contributed by atoms with E-state index in [0.717, 1.165) is 11.4 Å². The molecule has 1 saturated heterocycles. The number of aromatic nitrogens is 5. The summed E-state index contributed by atoms with van der Waals surface area (Å²) in [5, 5.41) is 14.4. The minimum atomic E-state index is -0.614. The van der Waals surface area contributed by atoms with Gasteiger partial charge in [-0.15, -0.1) is 11.7 Å². The molecule has 2 aromatic heterocycles. The molecule has 3 heterocycles. The van der Waals surface area contributed by atoms with Crippen molar-refractivity contribution in [3.05, 3.63) is 42.4 Å². The molecular formula is C26H39N7O4. The Hall–Kier alpha value is -3.50. The quantitative estimate of drug-likeness (QED) is 0.417. The molecule has 2 aromatic rings. The molecule has 3 rings (SSSR count). The number of hydrogen-bond acceptors (Lipinski definition) is 9. The van der Waals surface area contributed by atoms with Gasteiger partial charge in [-0.3, -0.25) is 4.79 Å². The number of rotatable bonds is 8. The lowest BCUT2D eigenvalue weighted by Gasteiger charge is -2.36. The first-order chi connectivity index (χ1) is 17.4. The number of piperazine rings is 1. The average molecular weight is 514 g/mol. The molecule has 0 aliphatic carbocycles. The minimum absolute atomic E-state index is 0.289. The van der Waals surface area contributed by atoms with Gasteiger partial charge in [-0.25, -0.2) is 14.9 Å². The summed E-state index contributed by atoms with van der Waals surface area (Å²) in [6.45, 7) is 17.4. The lowest BCUT2D eigenvalue weighted by molar-refractivity contribution is -0.160. The monoisotopic (exact) mass is 513 g/mol. The maximum Gasteiger partial charge on any atom is 0.410 e. The van der Waals surface area contributed by atoms with Crippen molar-refractivity contribution >= 4 is 17.9 Å². The van der Waals surface area contributed by atoms with Crippen LogP contribution in [-0.4, -0.2) is 80.0 Å². The van der Waals surface area contributed by atoms with E-state index < -0.39 is 17.1 Å². The first-order valence-electron chi connectivity index (χ1n) is 12.6. The molecular weight excluding hydrogens is 474 g/mol. The predicted octanol–water partition coefficient (Wildman–Crippen LogP) is 3.51. The molecule has 1 fully saturated rings. The standard InChI is InChI=1S/C26H39N7O4/c1-8-9-19(23(34)36-25(2,3)4)20(22-28-30-31-29-22)16-18-10-11-21(27-17-18)32-12-14-33(15-13-32)24(35)37-26(5,6)7/h8,10-11,17,19-20H,1,9,12-16H2,2-7H3,(H,28,29,30,31)/t19-,20-/m0/s1. The van der Waals surface area contributed by atoms with E-state index in [9.17, 15) is 9.59 Å². The van der Waals surface area contributed by atoms with Crippen molar-refractivity contribution in [2.75, 3.05) is 31.1 Å². The molecule has 1 N–H and O–H groups in total. The second-order valence-electron chi connectivity index (χ2n) is 11.2. The molecule has 1 amide bonds. The van der Waals surface area contributed by atoms with E-state index in [2.05, 4.69) is 37.1 Å². The maximum absolute atomic E-state index is 13.1. The van der Waals surface area contributed by atoms with Gasteiger partial charge in [0.25, 0.3) is 0 Å². The number of aromatic amines is 1. The van der Waals surface area contributed by atoms with Gasteiger partial charge in [-0.1, -0.05) is 12.1 Å². The van der Waals surface area contributed by atoms with Crippen LogP contribution in [0.5, 0.6) is 0 Å². The van der Waals surface area contributed by atoms with Crippen molar-refractivity contribution in [1.82, 2.24) is 30.5 Å². The van der Waals surface area contributed by atoms with Crippen LogP contribution < -0.4 is 4.90 Å². The van der Waals surface area contributed by atoms with Gasteiger partial charge in [-0.2, -0.15) is 0 Å². The van der Waals surface area contributed by atoms with Gasteiger partial charge in [0.2, 0.25) is 0 Å². The second kappa shape index (κ2) is 11.7. The van der Waals surface area contributed by atoms with Crippen LogP contribution in [0.2, 0.25) is 0 Å². The summed E-state index contributed by atoms with van der Waals surface area (Å²) in [7, 11) is 0. The van der Waals surface area contributed by atoms with Crippen LogP contribution in [0.1, 0.15) is 65.3 Å². The first-order valence-corrected chi connectivity index (χ1v) is 12.6. The van der Waals surface area contributed by atoms with Crippen LogP contribution in [0.15, 0.2) is 31.0 Å². The molecule has 0 aromatic carbocycles. The van der Waals surface area contributed by atoms with Crippen LogP contribution >= 0.6 is 0 Å².